The van der Waals surface area contributed by atoms with E-state index in [1.807, 2.05) is 0 Å². The second-order valence-corrected chi connectivity index (χ2v) is 2.28. The number of aliphatic hydroxyl groups is 1. The van der Waals surface area contributed by atoms with Gasteiger partial charge in [-0.15, -0.1) is 0 Å². The fraction of sp³-hybridized carbons (Fsp3) is 0.600. The summed E-state index contributed by atoms with van der Waals surface area (Å²) >= 11 is 0. The molecule has 0 spiro atoms. The Kier molecular flexibility index (Phi) is 1.93. The summed E-state index contributed by atoms with van der Waals surface area (Å²) in [6, 6.07) is -0.374. The van der Waals surface area contributed by atoms with Crippen LogP contribution in [0.4, 0.5) is 0 Å². The Labute approximate surface area is 79.3 Å². The Morgan fingerprint density at radius 2 is 2.36 bits per heavy atom. The molecule has 0 heterocycles. The highest BCUT2D eigenvalue weighted by molar-refractivity contribution is 5.01. The van der Waals surface area contributed by atoms with Crippen molar-refractivity contribution >= 4 is 0 Å². The SMILES string of the molecule is [2H]C(CC/C(C)=C/CO)=C(C([2H])([2H])[2H])C([2H])([2H])[2H]. The summed E-state index contributed by atoms with van der Waals surface area (Å²) in [4.78, 5) is 0. The molecule has 11 heavy (non-hydrogen) atoms. The van der Waals surface area contributed by atoms with Gasteiger partial charge >= 0.3 is 0 Å². The highest BCUT2D eigenvalue weighted by Gasteiger charge is 1.86. The summed E-state index contributed by atoms with van der Waals surface area (Å²) in [5.74, 6) is 0. The van der Waals surface area contributed by atoms with Crippen molar-refractivity contribution < 1.29 is 14.7 Å². The van der Waals surface area contributed by atoms with Gasteiger partial charge in [0, 0.05) is 8.22 Å². The minimum atomic E-state index is -2.78. The maximum absolute atomic E-state index is 8.65. The van der Waals surface area contributed by atoms with Gasteiger partial charge in [-0.2, -0.15) is 0 Å². The summed E-state index contributed by atoms with van der Waals surface area (Å²) in [6.45, 7) is -3.96. The number of aliphatic hydroxyl groups excluding tert-OH is 1. The smallest absolute Gasteiger partial charge is 0.0614 e. The van der Waals surface area contributed by atoms with Crippen LogP contribution < -0.4 is 0 Å². The lowest BCUT2D eigenvalue weighted by Gasteiger charge is -1.96. The van der Waals surface area contributed by atoms with E-state index in [4.69, 9.17) is 14.7 Å². The zero-order valence-corrected chi connectivity index (χ0v) is 6.65. The normalized spacial score (nSPS) is 23.1. The van der Waals surface area contributed by atoms with Crippen LogP contribution in [0, 0.1) is 0 Å². The lowest BCUT2D eigenvalue weighted by atomic mass is 10.1. The number of hydrogen-bond donors (Lipinski definition) is 1. The quantitative estimate of drug-likeness (QED) is 0.628. The monoisotopic (exact) mass is 161 g/mol. The molecule has 0 aromatic heterocycles. The van der Waals surface area contributed by atoms with E-state index in [0.717, 1.165) is 5.57 Å². The molecule has 1 heteroatoms. The molecule has 64 valence electrons. The zero-order valence-electron chi connectivity index (χ0n) is 13.6. The van der Waals surface area contributed by atoms with Crippen LogP contribution in [0.15, 0.2) is 23.3 Å². The van der Waals surface area contributed by atoms with Gasteiger partial charge in [-0.1, -0.05) is 23.3 Å². The number of rotatable bonds is 4. The van der Waals surface area contributed by atoms with E-state index < -0.39 is 19.3 Å². The Morgan fingerprint density at radius 3 is 2.91 bits per heavy atom. The summed E-state index contributed by atoms with van der Waals surface area (Å²) in [6.07, 6.45) is 1.93. The van der Waals surface area contributed by atoms with Crippen molar-refractivity contribution in [3.63, 3.8) is 0 Å². The predicted molar refractivity (Wildman–Crippen MR) is 49.5 cm³/mol. The maximum atomic E-state index is 8.65. The summed E-state index contributed by atoms with van der Waals surface area (Å²) in [5.41, 5.74) is 0.0180. The second-order valence-electron chi connectivity index (χ2n) is 2.28. The van der Waals surface area contributed by atoms with Gasteiger partial charge in [0.25, 0.3) is 0 Å². The van der Waals surface area contributed by atoms with Crippen LogP contribution in [-0.4, -0.2) is 11.7 Å². The van der Waals surface area contributed by atoms with E-state index in [1.165, 1.54) is 6.08 Å². The van der Waals surface area contributed by atoms with E-state index in [0.29, 0.717) is 6.42 Å². The van der Waals surface area contributed by atoms with Crippen molar-refractivity contribution in [2.75, 3.05) is 6.61 Å². The molecular formula is C10H18O. The lowest BCUT2D eigenvalue weighted by molar-refractivity contribution is 0.341. The van der Waals surface area contributed by atoms with Crippen LogP contribution in [0.5, 0.6) is 0 Å². The van der Waals surface area contributed by atoms with Gasteiger partial charge in [-0.05, 0) is 33.5 Å². The Balaban J connectivity index is 5.09. The first-order chi connectivity index (χ1) is 8.00. The summed E-state index contributed by atoms with van der Waals surface area (Å²) in [5, 5.41) is 8.65. The highest BCUT2D eigenvalue weighted by Crippen LogP contribution is 2.05. The molecule has 0 fully saturated rings. The Bertz CT molecular complexity index is 319. The van der Waals surface area contributed by atoms with E-state index in [1.54, 1.807) is 6.92 Å². The summed E-state index contributed by atoms with van der Waals surface area (Å²) < 4.78 is 50.7. The Hall–Kier alpha value is -0.560. The third kappa shape index (κ3) is 7.34. The molecule has 0 atom stereocenters. The fourth-order valence-corrected chi connectivity index (χ4v) is 0.643. The first kappa shape index (κ1) is 3.44. The molecule has 0 aliphatic heterocycles. The van der Waals surface area contributed by atoms with Crippen molar-refractivity contribution in [2.24, 2.45) is 0 Å². The fourth-order valence-electron chi connectivity index (χ4n) is 0.643. The minimum absolute atomic E-state index is 0.0362. The third-order valence-corrected chi connectivity index (χ3v) is 1.26. The zero-order chi connectivity index (χ0) is 14.6. The van der Waals surface area contributed by atoms with Crippen LogP contribution in [0.3, 0.4) is 0 Å². The molecule has 0 aliphatic carbocycles. The van der Waals surface area contributed by atoms with Crippen molar-refractivity contribution in [2.45, 2.75) is 33.5 Å². The van der Waals surface area contributed by atoms with Gasteiger partial charge in [-0.3, -0.25) is 0 Å². The molecule has 0 unspecified atom stereocenters. The highest BCUT2D eigenvalue weighted by atomic mass is 16.2. The number of hydrogen-bond acceptors (Lipinski definition) is 1. The molecule has 0 aromatic carbocycles. The van der Waals surface area contributed by atoms with Crippen LogP contribution in [-0.2, 0) is 0 Å². The standard InChI is InChI=1S/C10H18O/c1-9(2)5-4-6-10(3)7-8-11/h5,7,11H,4,6,8H2,1-3H3/b10-7+/i1D3,2D3,5D. The molecule has 0 aliphatic rings. The molecule has 1 N–H and O–H groups in total. The van der Waals surface area contributed by atoms with E-state index in [-0.39, 0.29) is 19.1 Å². The van der Waals surface area contributed by atoms with Crippen LogP contribution >= 0.6 is 0 Å². The van der Waals surface area contributed by atoms with E-state index in [9.17, 15) is 0 Å². The van der Waals surface area contributed by atoms with Crippen LogP contribution in [0.1, 0.15) is 43.1 Å². The van der Waals surface area contributed by atoms with Gasteiger partial charge in [-0.25, -0.2) is 0 Å². The molecule has 0 bridgehead atoms. The largest absolute Gasteiger partial charge is 0.392 e. The average Bonchev–Trinajstić information content (AvgIpc) is 2.10. The molecule has 1 nitrogen and oxygen atoms in total. The van der Waals surface area contributed by atoms with Gasteiger partial charge < -0.3 is 5.11 Å². The minimum Gasteiger partial charge on any atom is -0.392 e. The summed E-state index contributed by atoms with van der Waals surface area (Å²) in [7, 11) is 0. The topological polar surface area (TPSA) is 20.2 Å². The molecule has 0 saturated carbocycles. The lowest BCUT2D eigenvalue weighted by Crippen LogP contribution is -1.80. The van der Waals surface area contributed by atoms with Gasteiger partial charge in [0.15, 0.2) is 0 Å². The predicted octanol–water partition coefficient (Wildman–Crippen LogP) is 2.67. The van der Waals surface area contributed by atoms with Crippen molar-refractivity contribution in [3.8, 4) is 0 Å². The molecule has 0 amide bonds. The second kappa shape index (κ2) is 6.17. The van der Waals surface area contributed by atoms with Gasteiger partial charge in [0.2, 0.25) is 0 Å². The van der Waals surface area contributed by atoms with Gasteiger partial charge in [0.05, 0.1) is 7.98 Å². The molecule has 0 aromatic rings. The maximum Gasteiger partial charge on any atom is 0.0614 e. The average molecular weight is 161 g/mol. The molecule has 0 radical (unpaired) electrons. The van der Waals surface area contributed by atoms with E-state index in [2.05, 4.69) is 0 Å². The number of allylic oxidation sites excluding steroid dienone is 3. The molecular weight excluding hydrogens is 136 g/mol. The van der Waals surface area contributed by atoms with Crippen molar-refractivity contribution in [1.82, 2.24) is 0 Å². The third-order valence-electron chi connectivity index (χ3n) is 1.26. The van der Waals surface area contributed by atoms with Crippen LogP contribution in [0.2, 0.25) is 0 Å². The van der Waals surface area contributed by atoms with Gasteiger partial charge in [0.1, 0.15) is 0 Å². The van der Waals surface area contributed by atoms with Crippen LogP contribution in [0.25, 0.3) is 0 Å². The molecule has 0 rings (SSSR count). The van der Waals surface area contributed by atoms with Crippen molar-refractivity contribution in [3.05, 3.63) is 23.3 Å². The first-order valence-corrected chi connectivity index (χ1v) is 3.47. The first-order valence-electron chi connectivity index (χ1n) is 6.97. The Morgan fingerprint density at radius 1 is 1.64 bits per heavy atom. The molecule has 0 saturated heterocycles. The van der Waals surface area contributed by atoms with Crippen molar-refractivity contribution in [1.29, 1.82) is 0 Å². The van der Waals surface area contributed by atoms with E-state index >= 15 is 0 Å².